The number of nitrogens with one attached hydrogen (secondary N) is 1. The van der Waals surface area contributed by atoms with Crippen LogP contribution >= 0.6 is 46.3 Å². The van der Waals surface area contributed by atoms with E-state index in [4.69, 9.17) is 23.2 Å². The van der Waals surface area contributed by atoms with Gasteiger partial charge in [0.05, 0.1) is 22.0 Å². The Morgan fingerprint density at radius 1 is 1.06 bits per heavy atom. The van der Waals surface area contributed by atoms with Gasteiger partial charge in [-0.3, -0.25) is 4.79 Å². The molecule has 0 aliphatic rings. The summed E-state index contributed by atoms with van der Waals surface area (Å²) in [5.41, 5.74) is 3.68. The van der Waals surface area contributed by atoms with Gasteiger partial charge in [-0.25, -0.2) is 9.97 Å². The maximum atomic E-state index is 12.4. The van der Waals surface area contributed by atoms with E-state index in [0.717, 1.165) is 16.8 Å². The van der Waals surface area contributed by atoms with Gasteiger partial charge in [-0.1, -0.05) is 53.5 Å². The predicted octanol–water partition coefficient (Wildman–Crippen LogP) is 7.17. The number of hydrogen-bond donors (Lipinski definition) is 1. The van der Waals surface area contributed by atoms with E-state index in [9.17, 15) is 10.1 Å². The van der Waals surface area contributed by atoms with Crippen LogP contribution in [0, 0.1) is 11.3 Å². The molecule has 2 heterocycles. The summed E-state index contributed by atoms with van der Waals surface area (Å²) in [6.07, 6.45) is 0.253. The lowest BCUT2D eigenvalue weighted by molar-refractivity contribution is -0.115. The van der Waals surface area contributed by atoms with Gasteiger partial charge < -0.3 is 5.32 Å². The topological polar surface area (TPSA) is 78.7 Å². The molecule has 4 rings (SSSR count). The van der Waals surface area contributed by atoms with E-state index >= 15 is 0 Å². The standard InChI is InChI=1S/C24H16Cl2N4OS2/c25-17-7-8-18(19(26)12-17)21-14-33-24(29-21)30-22(31)10-11-32-23-16(13-27)6-9-20(28-23)15-4-2-1-3-5-15/h1-9,12,14H,10-11H2,(H,29,30,31). The lowest BCUT2D eigenvalue weighted by Gasteiger charge is -2.07. The van der Waals surface area contributed by atoms with Crippen molar-refractivity contribution in [1.29, 1.82) is 5.26 Å². The molecule has 1 amide bonds. The summed E-state index contributed by atoms with van der Waals surface area (Å²) >= 11 is 14.9. The second-order valence-electron chi connectivity index (χ2n) is 6.84. The van der Waals surface area contributed by atoms with Crippen molar-refractivity contribution in [1.82, 2.24) is 9.97 Å². The van der Waals surface area contributed by atoms with Crippen molar-refractivity contribution in [2.75, 3.05) is 11.1 Å². The Balaban J connectivity index is 1.36. The number of pyridine rings is 1. The average Bonchev–Trinajstić information content (AvgIpc) is 3.27. The Morgan fingerprint density at radius 2 is 1.88 bits per heavy atom. The third-order valence-electron chi connectivity index (χ3n) is 4.58. The maximum Gasteiger partial charge on any atom is 0.226 e. The van der Waals surface area contributed by atoms with Gasteiger partial charge in [-0.15, -0.1) is 23.1 Å². The minimum atomic E-state index is -0.164. The Labute approximate surface area is 209 Å². The van der Waals surface area contributed by atoms with Crippen molar-refractivity contribution >= 4 is 57.3 Å². The zero-order chi connectivity index (χ0) is 23.2. The van der Waals surface area contributed by atoms with Crippen LogP contribution in [0.5, 0.6) is 0 Å². The van der Waals surface area contributed by atoms with E-state index in [1.54, 1.807) is 24.3 Å². The number of aromatic nitrogens is 2. The fourth-order valence-electron chi connectivity index (χ4n) is 2.98. The molecule has 0 fully saturated rings. The highest BCUT2D eigenvalue weighted by atomic mass is 35.5. The minimum absolute atomic E-state index is 0.164. The lowest BCUT2D eigenvalue weighted by Crippen LogP contribution is -2.12. The number of amides is 1. The van der Waals surface area contributed by atoms with E-state index in [-0.39, 0.29) is 12.3 Å². The fourth-order valence-corrected chi connectivity index (χ4v) is 5.12. The summed E-state index contributed by atoms with van der Waals surface area (Å²) in [5.74, 6) is 0.316. The van der Waals surface area contributed by atoms with Crippen LogP contribution in [0.15, 0.2) is 71.1 Å². The molecule has 0 bridgehead atoms. The molecule has 164 valence electrons. The highest BCUT2D eigenvalue weighted by molar-refractivity contribution is 7.99. The summed E-state index contributed by atoms with van der Waals surface area (Å²) in [5, 5.41) is 16.2. The first-order valence-corrected chi connectivity index (χ1v) is 12.5. The van der Waals surface area contributed by atoms with E-state index in [0.29, 0.717) is 37.2 Å². The number of nitrogens with zero attached hydrogens (tertiary/aromatic N) is 3. The maximum absolute atomic E-state index is 12.4. The van der Waals surface area contributed by atoms with Crippen molar-refractivity contribution < 1.29 is 4.79 Å². The highest BCUT2D eigenvalue weighted by Gasteiger charge is 2.12. The number of thioether (sulfide) groups is 1. The first-order valence-electron chi connectivity index (χ1n) is 9.83. The van der Waals surface area contributed by atoms with Crippen LogP contribution < -0.4 is 5.32 Å². The number of carbonyl (C=O) groups is 1. The Hall–Kier alpha value is -2.89. The molecule has 0 spiro atoms. The molecule has 0 saturated heterocycles. The van der Waals surface area contributed by atoms with Gasteiger partial charge in [0.15, 0.2) is 5.13 Å². The molecule has 1 N–H and O–H groups in total. The number of benzene rings is 2. The molecule has 0 saturated carbocycles. The number of carbonyl (C=O) groups excluding carboxylic acids is 1. The van der Waals surface area contributed by atoms with Gasteiger partial charge >= 0.3 is 0 Å². The molecule has 0 radical (unpaired) electrons. The molecule has 0 aliphatic carbocycles. The Bertz CT molecular complexity index is 1340. The average molecular weight is 511 g/mol. The van der Waals surface area contributed by atoms with Crippen molar-refractivity contribution in [3.8, 4) is 28.6 Å². The fraction of sp³-hybridized carbons (Fsp3) is 0.0833. The smallest absolute Gasteiger partial charge is 0.226 e. The largest absolute Gasteiger partial charge is 0.302 e. The molecule has 4 aromatic rings. The van der Waals surface area contributed by atoms with Crippen molar-refractivity contribution in [2.24, 2.45) is 0 Å². The van der Waals surface area contributed by atoms with Crippen LogP contribution in [0.2, 0.25) is 10.0 Å². The molecule has 9 heteroatoms. The third-order valence-corrected chi connectivity index (χ3v) is 6.87. The number of anilines is 1. The van der Waals surface area contributed by atoms with Crippen LogP contribution in [0.25, 0.3) is 22.5 Å². The molecular formula is C24H16Cl2N4OS2. The van der Waals surface area contributed by atoms with Gasteiger partial charge in [-0.2, -0.15) is 5.26 Å². The quantitative estimate of drug-likeness (QED) is 0.266. The first kappa shape index (κ1) is 23.3. The summed E-state index contributed by atoms with van der Waals surface area (Å²) in [4.78, 5) is 21.5. The van der Waals surface area contributed by atoms with Gasteiger partial charge in [0.25, 0.3) is 0 Å². The summed E-state index contributed by atoms with van der Waals surface area (Å²) in [6, 6.07) is 20.7. The monoisotopic (exact) mass is 510 g/mol. The predicted molar refractivity (Wildman–Crippen MR) is 136 cm³/mol. The minimum Gasteiger partial charge on any atom is -0.302 e. The van der Waals surface area contributed by atoms with Crippen LogP contribution in [0.1, 0.15) is 12.0 Å². The normalized spacial score (nSPS) is 10.6. The van der Waals surface area contributed by atoms with Crippen LogP contribution in [-0.2, 0) is 4.79 Å². The summed E-state index contributed by atoms with van der Waals surface area (Å²) in [7, 11) is 0. The molecular weight excluding hydrogens is 495 g/mol. The number of thiazole rings is 1. The third kappa shape index (κ3) is 5.92. The molecule has 0 atom stereocenters. The van der Waals surface area contributed by atoms with Gasteiger partial charge in [0.2, 0.25) is 5.91 Å². The SMILES string of the molecule is N#Cc1ccc(-c2ccccc2)nc1SCCC(=O)Nc1nc(-c2ccc(Cl)cc2Cl)cs1. The number of hydrogen-bond acceptors (Lipinski definition) is 6. The van der Waals surface area contributed by atoms with E-state index in [1.807, 2.05) is 41.8 Å². The zero-order valence-electron chi connectivity index (χ0n) is 17.1. The zero-order valence-corrected chi connectivity index (χ0v) is 20.2. The van der Waals surface area contributed by atoms with Crippen molar-refractivity contribution in [2.45, 2.75) is 11.4 Å². The highest BCUT2D eigenvalue weighted by Crippen LogP contribution is 2.32. The molecule has 0 unspecified atom stereocenters. The van der Waals surface area contributed by atoms with E-state index < -0.39 is 0 Å². The van der Waals surface area contributed by atoms with Gasteiger partial charge in [-0.05, 0) is 30.3 Å². The van der Waals surface area contributed by atoms with Crippen LogP contribution in [-0.4, -0.2) is 21.6 Å². The van der Waals surface area contributed by atoms with Crippen LogP contribution in [0.3, 0.4) is 0 Å². The second kappa shape index (κ2) is 10.8. The second-order valence-corrected chi connectivity index (χ2v) is 9.62. The number of halogens is 2. The molecule has 0 aliphatic heterocycles. The van der Waals surface area contributed by atoms with Gasteiger partial charge in [0, 0.05) is 33.7 Å². The van der Waals surface area contributed by atoms with Crippen molar-refractivity contribution in [3.63, 3.8) is 0 Å². The summed E-state index contributed by atoms with van der Waals surface area (Å²) < 4.78 is 0. The van der Waals surface area contributed by atoms with Crippen LogP contribution in [0.4, 0.5) is 5.13 Å². The number of nitriles is 1. The Morgan fingerprint density at radius 3 is 2.64 bits per heavy atom. The van der Waals surface area contributed by atoms with E-state index in [1.165, 1.54) is 23.1 Å². The Kier molecular flexibility index (Phi) is 7.63. The first-order chi connectivity index (χ1) is 16.0. The molecule has 33 heavy (non-hydrogen) atoms. The molecule has 2 aromatic carbocycles. The summed E-state index contributed by atoms with van der Waals surface area (Å²) in [6.45, 7) is 0. The lowest BCUT2D eigenvalue weighted by atomic mass is 10.1. The van der Waals surface area contributed by atoms with Gasteiger partial charge in [0.1, 0.15) is 11.1 Å². The number of rotatable bonds is 7. The molecule has 2 aromatic heterocycles. The van der Waals surface area contributed by atoms with Crippen molar-refractivity contribution in [3.05, 3.63) is 81.7 Å². The molecule has 5 nitrogen and oxygen atoms in total. The van der Waals surface area contributed by atoms with E-state index in [2.05, 4.69) is 21.4 Å².